The number of carbonyl (C=O) groups excluding carboxylic acids is 1. The third-order valence-electron chi connectivity index (χ3n) is 4.35. The van der Waals surface area contributed by atoms with E-state index in [-0.39, 0.29) is 17.8 Å². The van der Waals surface area contributed by atoms with Gasteiger partial charge in [0.15, 0.2) is 5.65 Å². The van der Waals surface area contributed by atoms with Crippen molar-refractivity contribution in [1.29, 1.82) is 0 Å². The highest BCUT2D eigenvalue weighted by atomic mass is 19.1. The molecule has 0 radical (unpaired) electrons. The zero-order valence-corrected chi connectivity index (χ0v) is 15.5. The fourth-order valence-corrected chi connectivity index (χ4v) is 3.05. The van der Waals surface area contributed by atoms with Gasteiger partial charge in [0.2, 0.25) is 0 Å². The maximum absolute atomic E-state index is 13.5. The first-order chi connectivity index (χ1) is 12.4. The second-order valence-electron chi connectivity index (χ2n) is 6.68. The summed E-state index contributed by atoms with van der Waals surface area (Å²) < 4.78 is 15.3. The first-order valence-electron chi connectivity index (χ1n) is 8.79. The van der Waals surface area contributed by atoms with Crippen LogP contribution in [0.4, 0.5) is 4.39 Å². The van der Waals surface area contributed by atoms with E-state index in [1.54, 1.807) is 23.2 Å². The van der Waals surface area contributed by atoms with E-state index in [0.717, 1.165) is 16.6 Å². The van der Waals surface area contributed by atoms with E-state index in [1.807, 2.05) is 38.4 Å². The van der Waals surface area contributed by atoms with Gasteiger partial charge in [-0.15, -0.1) is 0 Å². The van der Waals surface area contributed by atoms with E-state index in [2.05, 4.69) is 10.1 Å². The molecule has 2 aromatic heterocycles. The van der Waals surface area contributed by atoms with Crippen LogP contribution in [0.3, 0.4) is 0 Å². The van der Waals surface area contributed by atoms with Crippen LogP contribution in [0.15, 0.2) is 36.5 Å². The zero-order chi connectivity index (χ0) is 18.8. The molecule has 3 aromatic rings. The van der Waals surface area contributed by atoms with Crippen molar-refractivity contribution in [2.24, 2.45) is 0 Å². The number of aromatic nitrogens is 3. The minimum Gasteiger partial charge on any atom is -0.335 e. The molecular formula is C20H23FN4O. The molecule has 6 heteroatoms. The third-order valence-corrected chi connectivity index (χ3v) is 4.35. The maximum atomic E-state index is 13.5. The van der Waals surface area contributed by atoms with Crippen LogP contribution in [0.5, 0.6) is 0 Å². The van der Waals surface area contributed by atoms with Gasteiger partial charge in [0.1, 0.15) is 5.82 Å². The number of hydrogen-bond donors (Lipinski definition) is 0. The van der Waals surface area contributed by atoms with Crippen LogP contribution in [-0.4, -0.2) is 32.1 Å². The molecule has 0 saturated heterocycles. The molecule has 0 bridgehead atoms. The van der Waals surface area contributed by atoms with Crippen molar-refractivity contribution in [2.45, 2.75) is 40.3 Å². The minimum absolute atomic E-state index is 0.101. The Morgan fingerprint density at radius 2 is 2.08 bits per heavy atom. The van der Waals surface area contributed by atoms with Gasteiger partial charge in [0.05, 0.1) is 17.1 Å². The zero-order valence-electron chi connectivity index (χ0n) is 15.5. The van der Waals surface area contributed by atoms with Gasteiger partial charge in [0.25, 0.3) is 5.91 Å². The Hall–Kier alpha value is -2.76. The molecule has 3 rings (SSSR count). The van der Waals surface area contributed by atoms with Crippen LogP contribution in [-0.2, 0) is 6.54 Å². The summed E-state index contributed by atoms with van der Waals surface area (Å²) in [6.07, 6.45) is 1.70. The van der Waals surface area contributed by atoms with E-state index in [1.165, 1.54) is 12.1 Å². The van der Waals surface area contributed by atoms with E-state index in [4.69, 9.17) is 0 Å². The quantitative estimate of drug-likeness (QED) is 0.692. The molecule has 1 amide bonds. The summed E-state index contributed by atoms with van der Waals surface area (Å²) in [5, 5.41) is 5.14. The van der Waals surface area contributed by atoms with Gasteiger partial charge in [-0.1, -0.05) is 12.1 Å². The predicted octanol–water partition coefficient (Wildman–Crippen LogP) is 4.12. The van der Waals surface area contributed by atoms with Crippen LogP contribution in [0.25, 0.3) is 11.0 Å². The molecule has 0 aliphatic rings. The smallest absolute Gasteiger partial charge is 0.255 e. The van der Waals surface area contributed by atoms with Crippen molar-refractivity contribution < 1.29 is 9.18 Å². The minimum atomic E-state index is -0.300. The van der Waals surface area contributed by atoms with Crippen LogP contribution in [0.2, 0.25) is 0 Å². The summed E-state index contributed by atoms with van der Waals surface area (Å²) in [7, 11) is 0. The van der Waals surface area contributed by atoms with Crippen molar-refractivity contribution in [3.05, 3.63) is 59.2 Å². The maximum Gasteiger partial charge on any atom is 0.255 e. The second kappa shape index (κ2) is 7.23. The topological polar surface area (TPSA) is 51.0 Å². The van der Waals surface area contributed by atoms with Crippen molar-refractivity contribution >= 4 is 16.9 Å². The van der Waals surface area contributed by atoms with Crippen LogP contribution in [0, 0.1) is 12.7 Å². The molecule has 0 aliphatic carbocycles. The van der Waals surface area contributed by atoms with Gasteiger partial charge in [-0.2, -0.15) is 5.10 Å². The SMILES string of the molecule is CCN(Cc1cccc(F)c1)C(=O)c1cc(C)nc2c1cnn2C(C)C. The molecular weight excluding hydrogens is 331 g/mol. The number of nitrogens with zero attached hydrogens (tertiary/aromatic N) is 4. The summed E-state index contributed by atoms with van der Waals surface area (Å²) in [6, 6.07) is 8.29. The Kier molecular flexibility index (Phi) is 5.02. The standard InChI is InChI=1S/C20H23FN4O/c1-5-24(12-15-7-6-8-16(21)10-15)20(26)17-9-14(4)23-19-18(17)11-22-25(19)13(2)3/h6-11,13H,5,12H2,1-4H3. The van der Waals surface area contributed by atoms with Gasteiger partial charge in [-0.25, -0.2) is 14.1 Å². The normalized spacial score (nSPS) is 11.3. The first kappa shape index (κ1) is 18.0. The number of benzene rings is 1. The highest BCUT2D eigenvalue weighted by Gasteiger charge is 2.21. The average molecular weight is 354 g/mol. The van der Waals surface area contributed by atoms with E-state index >= 15 is 0 Å². The van der Waals surface area contributed by atoms with Crippen LogP contribution in [0.1, 0.15) is 48.4 Å². The summed E-state index contributed by atoms with van der Waals surface area (Å²) >= 11 is 0. The number of pyridine rings is 1. The molecule has 1 aromatic carbocycles. The fraction of sp³-hybridized carbons (Fsp3) is 0.350. The number of carbonyl (C=O) groups is 1. The molecule has 0 saturated carbocycles. The molecule has 0 unspecified atom stereocenters. The highest BCUT2D eigenvalue weighted by Crippen LogP contribution is 2.23. The molecule has 26 heavy (non-hydrogen) atoms. The van der Waals surface area contributed by atoms with Crippen LogP contribution >= 0.6 is 0 Å². The predicted molar refractivity (Wildman–Crippen MR) is 99.5 cm³/mol. The molecule has 0 fully saturated rings. The van der Waals surface area contributed by atoms with Gasteiger partial charge >= 0.3 is 0 Å². The number of fused-ring (bicyclic) bond motifs is 1. The van der Waals surface area contributed by atoms with Gasteiger partial charge in [-0.05, 0) is 51.5 Å². The third kappa shape index (κ3) is 3.45. The molecule has 5 nitrogen and oxygen atoms in total. The molecule has 0 atom stereocenters. The van der Waals surface area contributed by atoms with E-state index in [0.29, 0.717) is 24.3 Å². The number of aryl methyl sites for hydroxylation is 1. The summed E-state index contributed by atoms with van der Waals surface area (Å²) in [6.45, 7) is 8.72. The van der Waals surface area contributed by atoms with Gasteiger partial charge in [-0.3, -0.25) is 4.79 Å². The average Bonchev–Trinajstić information content (AvgIpc) is 3.02. The summed E-state index contributed by atoms with van der Waals surface area (Å²) in [4.78, 5) is 19.4. The van der Waals surface area contributed by atoms with E-state index in [9.17, 15) is 9.18 Å². The number of rotatable bonds is 5. The Bertz CT molecular complexity index is 948. The molecule has 0 N–H and O–H groups in total. The number of hydrogen-bond acceptors (Lipinski definition) is 3. The lowest BCUT2D eigenvalue weighted by molar-refractivity contribution is 0.0754. The molecule has 2 heterocycles. The van der Waals surface area contributed by atoms with Gasteiger partial charge in [0, 0.05) is 24.8 Å². The number of halogens is 1. The van der Waals surface area contributed by atoms with Crippen molar-refractivity contribution in [1.82, 2.24) is 19.7 Å². The van der Waals surface area contributed by atoms with Gasteiger partial charge < -0.3 is 4.90 Å². The molecule has 0 spiro atoms. The first-order valence-corrected chi connectivity index (χ1v) is 8.79. The second-order valence-corrected chi connectivity index (χ2v) is 6.68. The highest BCUT2D eigenvalue weighted by molar-refractivity contribution is 6.05. The number of amides is 1. The Balaban J connectivity index is 2.00. The molecule has 136 valence electrons. The Morgan fingerprint density at radius 1 is 1.31 bits per heavy atom. The van der Waals surface area contributed by atoms with Crippen LogP contribution < -0.4 is 0 Å². The Labute approximate surface area is 152 Å². The summed E-state index contributed by atoms with van der Waals surface area (Å²) in [5.41, 5.74) is 2.83. The summed E-state index contributed by atoms with van der Waals surface area (Å²) in [5.74, 6) is -0.401. The molecule has 0 aliphatic heterocycles. The largest absolute Gasteiger partial charge is 0.335 e. The lowest BCUT2D eigenvalue weighted by atomic mass is 10.1. The van der Waals surface area contributed by atoms with Crippen molar-refractivity contribution in [3.8, 4) is 0 Å². The fourth-order valence-electron chi connectivity index (χ4n) is 3.05. The van der Waals surface area contributed by atoms with E-state index < -0.39 is 0 Å². The van der Waals surface area contributed by atoms with Crippen molar-refractivity contribution in [3.63, 3.8) is 0 Å². The lowest BCUT2D eigenvalue weighted by Gasteiger charge is -2.22. The van der Waals surface area contributed by atoms with Crippen molar-refractivity contribution in [2.75, 3.05) is 6.54 Å². The Morgan fingerprint density at radius 3 is 2.73 bits per heavy atom. The monoisotopic (exact) mass is 354 g/mol. The lowest BCUT2D eigenvalue weighted by Crippen LogP contribution is -2.30.